The standard InChI is InChI=1S/C14H16N4OS/c1-9-15-13(17-16-9)7-18(2)14(19)11-8-20-12-6-4-3-5-10(11)12/h3-6,11H,7-8H2,1-2H3,(H,15,16,17). The number of likely N-dealkylation sites (N-methyl/N-ethyl adjacent to an activating group) is 1. The number of rotatable bonds is 3. The molecule has 1 amide bonds. The molecule has 0 aliphatic carbocycles. The molecule has 2 heterocycles. The minimum Gasteiger partial charge on any atom is -0.338 e. The average Bonchev–Trinajstić information content (AvgIpc) is 3.04. The summed E-state index contributed by atoms with van der Waals surface area (Å²) in [5, 5.41) is 6.87. The largest absolute Gasteiger partial charge is 0.338 e. The number of fused-ring (bicyclic) bond motifs is 1. The van der Waals surface area contributed by atoms with Gasteiger partial charge in [0.05, 0.1) is 12.5 Å². The van der Waals surface area contributed by atoms with Crippen molar-refractivity contribution < 1.29 is 4.79 Å². The number of thioether (sulfide) groups is 1. The van der Waals surface area contributed by atoms with Gasteiger partial charge >= 0.3 is 0 Å². The molecule has 0 fully saturated rings. The van der Waals surface area contributed by atoms with Crippen LogP contribution in [-0.2, 0) is 11.3 Å². The van der Waals surface area contributed by atoms with Gasteiger partial charge in [-0.25, -0.2) is 4.98 Å². The Morgan fingerprint density at radius 3 is 3.05 bits per heavy atom. The first kappa shape index (κ1) is 13.2. The second-order valence-corrected chi connectivity index (χ2v) is 5.99. The van der Waals surface area contributed by atoms with Crippen LogP contribution >= 0.6 is 11.8 Å². The third-order valence-corrected chi connectivity index (χ3v) is 4.58. The number of hydrogen-bond donors (Lipinski definition) is 1. The van der Waals surface area contributed by atoms with E-state index in [-0.39, 0.29) is 11.8 Å². The van der Waals surface area contributed by atoms with Gasteiger partial charge in [-0.3, -0.25) is 9.89 Å². The quantitative estimate of drug-likeness (QED) is 0.938. The van der Waals surface area contributed by atoms with E-state index in [2.05, 4.69) is 21.2 Å². The van der Waals surface area contributed by atoms with Crippen molar-refractivity contribution in [3.8, 4) is 0 Å². The number of amides is 1. The Labute approximate surface area is 121 Å². The first-order chi connectivity index (χ1) is 9.65. The third-order valence-electron chi connectivity index (χ3n) is 3.40. The lowest BCUT2D eigenvalue weighted by atomic mass is 10.00. The van der Waals surface area contributed by atoms with Crippen LogP contribution in [0.2, 0.25) is 0 Å². The van der Waals surface area contributed by atoms with Crippen molar-refractivity contribution >= 4 is 17.7 Å². The molecule has 20 heavy (non-hydrogen) atoms. The molecule has 104 valence electrons. The lowest BCUT2D eigenvalue weighted by Crippen LogP contribution is -2.31. The van der Waals surface area contributed by atoms with Crippen molar-refractivity contribution in [2.75, 3.05) is 12.8 Å². The summed E-state index contributed by atoms with van der Waals surface area (Å²) in [5.41, 5.74) is 1.14. The first-order valence-corrected chi connectivity index (χ1v) is 7.48. The Morgan fingerprint density at radius 2 is 2.30 bits per heavy atom. The fourth-order valence-corrected chi connectivity index (χ4v) is 3.60. The number of nitrogens with one attached hydrogen (secondary N) is 1. The van der Waals surface area contributed by atoms with Crippen LogP contribution < -0.4 is 0 Å². The molecule has 0 spiro atoms. The lowest BCUT2D eigenvalue weighted by molar-refractivity contribution is -0.131. The van der Waals surface area contributed by atoms with E-state index in [4.69, 9.17) is 0 Å². The van der Waals surface area contributed by atoms with E-state index in [0.717, 1.165) is 17.1 Å². The number of aromatic amines is 1. The Balaban J connectivity index is 1.73. The van der Waals surface area contributed by atoms with E-state index in [1.807, 2.05) is 25.1 Å². The van der Waals surface area contributed by atoms with Crippen molar-refractivity contribution in [2.24, 2.45) is 0 Å². The zero-order valence-electron chi connectivity index (χ0n) is 11.5. The SMILES string of the molecule is Cc1nc(CN(C)C(=O)C2CSc3ccccc32)n[nH]1. The van der Waals surface area contributed by atoms with Crippen LogP contribution in [0.15, 0.2) is 29.2 Å². The van der Waals surface area contributed by atoms with E-state index in [0.29, 0.717) is 12.4 Å². The molecular weight excluding hydrogens is 272 g/mol. The van der Waals surface area contributed by atoms with Crippen molar-refractivity contribution in [1.82, 2.24) is 20.1 Å². The second-order valence-electron chi connectivity index (χ2n) is 4.93. The lowest BCUT2D eigenvalue weighted by Gasteiger charge is -2.19. The van der Waals surface area contributed by atoms with Crippen LogP contribution in [0.3, 0.4) is 0 Å². The molecule has 2 aromatic rings. The Bertz CT molecular complexity index is 640. The number of carbonyl (C=O) groups is 1. The summed E-state index contributed by atoms with van der Waals surface area (Å²) in [7, 11) is 1.81. The molecule has 0 bridgehead atoms. The number of H-pyrrole nitrogens is 1. The van der Waals surface area contributed by atoms with Gasteiger partial charge < -0.3 is 4.90 Å². The molecule has 1 aliphatic rings. The van der Waals surface area contributed by atoms with Crippen molar-refractivity contribution in [3.05, 3.63) is 41.5 Å². The molecule has 1 aromatic heterocycles. The molecule has 0 saturated carbocycles. The molecule has 1 atom stereocenters. The fourth-order valence-electron chi connectivity index (χ4n) is 2.38. The summed E-state index contributed by atoms with van der Waals surface area (Å²) < 4.78 is 0. The smallest absolute Gasteiger partial charge is 0.231 e. The summed E-state index contributed by atoms with van der Waals surface area (Å²) in [6.45, 7) is 2.29. The first-order valence-electron chi connectivity index (χ1n) is 6.49. The van der Waals surface area contributed by atoms with E-state index in [9.17, 15) is 4.79 Å². The third kappa shape index (κ3) is 2.43. The molecule has 0 radical (unpaired) electrons. The normalized spacial score (nSPS) is 17.0. The minimum absolute atomic E-state index is 0.0544. The molecule has 1 unspecified atom stereocenters. The predicted molar refractivity (Wildman–Crippen MR) is 77.5 cm³/mol. The highest BCUT2D eigenvalue weighted by atomic mass is 32.2. The van der Waals surface area contributed by atoms with Gasteiger partial charge in [0.25, 0.3) is 0 Å². The molecular formula is C14H16N4OS. The minimum atomic E-state index is -0.0544. The zero-order chi connectivity index (χ0) is 14.1. The molecule has 1 N–H and O–H groups in total. The van der Waals surface area contributed by atoms with Crippen LogP contribution in [0.25, 0.3) is 0 Å². The van der Waals surface area contributed by atoms with Crippen molar-refractivity contribution in [3.63, 3.8) is 0 Å². The fraction of sp³-hybridized carbons (Fsp3) is 0.357. The Morgan fingerprint density at radius 1 is 1.50 bits per heavy atom. The number of aryl methyl sites for hydroxylation is 1. The van der Waals surface area contributed by atoms with Gasteiger partial charge in [-0.1, -0.05) is 18.2 Å². The number of hydrogen-bond acceptors (Lipinski definition) is 4. The summed E-state index contributed by atoms with van der Waals surface area (Å²) in [6, 6.07) is 8.12. The number of aromatic nitrogens is 3. The van der Waals surface area contributed by atoms with Gasteiger partial charge in [-0.2, -0.15) is 5.10 Å². The summed E-state index contributed by atoms with van der Waals surface area (Å²) in [5.74, 6) is 2.31. The van der Waals surface area contributed by atoms with E-state index in [1.165, 1.54) is 4.90 Å². The average molecular weight is 288 g/mol. The molecule has 6 heteroatoms. The summed E-state index contributed by atoms with van der Waals surface area (Å²) in [6.07, 6.45) is 0. The maximum atomic E-state index is 12.6. The van der Waals surface area contributed by atoms with Gasteiger partial charge in [0.1, 0.15) is 5.82 Å². The zero-order valence-corrected chi connectivity index (χ0v) is 12.3. The molecule has 0 saturated heterocycles. The van der Waals surface area contributed by atoms with Crippen molar-refractivity contribution in [1.29, 1.82) is 0 Å². The van der Waals surface area contributed by atoms with E-state index < -0.39 is 0 Å². The molecule has 1 aliphatic heterocycles. The van der Waals surface area contributed by atoms with Crippen LogP contribution in [0.1, 0.15) is 23.1 Å². The number of benzene rings is 1. The predicted octanol–water partition coefficient (Wildman–Crippen LogP) is 1.96. The van der Waals surface area contributed by atoms with Gasteiger partial charge in [0, 0.05) is 17.7 Å². The van der Waals surface area contributed by atoms with Crippen LogP contribution in [0.5, 0.6) is 0 Å². The van der Waals surface area contributed by atoms with Gasteiger partial charge in [0.15, 0.2) is 5.82 Å². The molecule has 3 rings (SSSR count). The summed E-state index contributed by atoms with van der Waals surface area (Å²) in [4.78, 5) is 19.7. The highest BCUT2D eigenvalue weighted by Crippen LogP contribution is 2.40. The van der Waals surface area contributed by atoms with E-state index in [1.54, 1.807) is 23.7 Å². The van der Waals surface area contributed by atoms with Gasteiger partial charge in [-0.05, 0) is 18.6 Å². The van der Waals surface area contributed by atoms with Crippen molar-refractivity contribution in [2.45, 2.75) is 24.3 Å². The van der Waals surface area contributed by atoms with Gasteiger partial charge in [0.2, 0.25) is 5.91 Å². The Hall–Kier alpha value is -1.82. The van der Waals surface area contributed by atoms with Crippen LogP contribution in [-0.4, -0.2) is 38.8 Å². The maximum Gasteiger partial charge on any atom is 0.231 e. The monoisotopic (exact) mass is 288 g/mol. The topological polar surface area (TPSA) is 61.9 Å². The highest BCUT2D eigenvalue weighted by molar-refractivity contribution is 7.99. The van der Waals surface area contributed by atoms with Crippen LogP contribution in [0.4, 0.5) is 0 Å². The Kier molecular flexibility index (Phi) is 3.48. The second kappa shape index (κ2) is 5.28. The highest BCUT2D eigenvalue weighted by Gasteiger charge is 2.31. The summed E-state index contributed by atoms with van der Waals surface area (Å²) >= 11 is 1.75. The van der Waals surface area contributed by atoms with Gasteiger partial charge in [-0.15, -0.1) is 11.8 Å². The van der Waals surface area contributed by atoms with Crippen LogP contribution in [0, 0.1) is 6.92 Å². The molecule has 5 nitrogen and oxygen atoms in total. The maximum absolute atomic E-state index is 12.6. The number of carbonyl (C=O) groups excluding carboxylic acids is 1. The molecule has 1 aromatic carbocycles. The number of nitrogens with zero attached hydrogens (tertiary/aromatic N) is 3. The van der Waals surface area contributed by atoms with E-state index >= 15 is 0 Å².